The number of hydrogen-bond acceptors (Lipinski definition) is 2. The summed E-state index contributed by atoms with van der Waals surface area (Å²) in [6, 6.07) is 18.3. The van der Waals surface area contributed by atoms with Crippen LogP contribution in [0.3, 0.4) is 0 Å². The summed E-state index contributed by atoms with van der Waals surface area (Å²) in [5, 5.41) is 5.78. The number of carbonyl (C=O) groups excluding carboxylic acids is 1. The molecule has 0 bridgehead atoms. The number of rotatable bonds is 5. The predicted molar refractivity (Wildman–Crippen MR) is 90.3 cm³/mol. The summed E-state index contributed by atoms with van der Waals surface area (Å²) in [4.78, 5) is 11.8. The number of hydrogen-bond donors (Lipinski definition) is 2. The third kappa shape index (κ3) is 4.57. The zero-order chi connectivity index (χ0) is 15.9. The minimum atomic E-state index is -0.136. The Hall–Kier alpha value is -2.33. The molecule has 2 aromatic rings. The van der Waals surface area contributed by atoms with Gasteiger partial charge in [-0.15, -0.1) is 0 Å². The molecular weight excluding hydrogens is 288 g/mol. The standard InChI is InChI=1S/C19H22N2O2/c22-19(20-11-10-15-6-2-1-3-7-15)21-13-18-12-16-8-4-5-9-17(16)14-23-18/h1-9,18H,10-14H2,(H2,20,21,22). The van der Waals surface area contributed by atoms with E-state index in [0.717, 1.165) is 12.8 Å². The van der Waals surface area contributed by atoms with Gasteiger partial charge in [0.05, 0.1) is 12.7 Å². The van der Waals surface area contributed by atoms with Crippen molar-refractivity contribution in [2.45, 2.75) is 25.6 Å². The second-order valence-corrected chi connectivity index (χ2v) is 5.78. The van der Waals surface area contributed by atoms with E-state index in [1.807, 2.05) is 30.3 Å². The smallest absolute Gasteiger partial charge is 0.314 e. The van der Waals surface area contributed by atoms with E-state index in [2.05, 4.69) is 34.9 Å². The van der Waals surface area contributed by atoms with Gasteiger partial charge in [-0.2, -0.15) is 0 Å². The molecule has 23 heavy (non-hydrogen) atoms. The van der Waals surface area contributed by atoms with E-state index in [1.54, 1.807) is 0 Å². The zero-order valence-electron chi connectivity index (χ0n) is 13.1. The number of carbonyl (C=O) groups is 1. The van der Waals surface area contributed by atoms with Gasteiger partial charge in [0.15, 0.2) is 0 Å². The van der Waals surface area contributed by atoms with Gasteiger partial charge in [-0.3, -0.25) is 0 Å². The van der Waals surface area contributed by atoms with Gasteiger partial charge >= 0.3 is 6.03 Å². The van der Waals surface area contributed by atoms with Crippen molar-refractivity contribution in [3.63, 3.8) is 0 Å². The number of ether oxygens (including phenoxy) is 1. The maximum Gasteiger partial charge on any atom is 0.314 e. The second kappa shape index (κ2) is 7.79. The Bertz CT molecular complexity index is 643. The van der Waals surface area contributed by atoms with Crippen LogP contribution in [0.2, 0.25) is 0 Å². The van der Waals surface area contributed by atoms with Crippen LogP contribution in [-0.4, -0.2) is 25.2 Å². The number of fused-ring (bicyclic) bond motifs is 1. The lowest BCUT2D eigenvalue weighted by Gasteiger charge is -2.25. The normalized spacial score (nSPS) is 16.4. The van der Waals surface area contributed by atoms with E-state index in [-0.39, 0.29) is 12.1 Å². The van der Waals surface area contributed by atoms with Crippen LogP contribution in [0, 0.1) is 0 Å². The molecule has 1 unspecified atom stereocenters. The summed E-state index contributed by atoms with van der Waals surface area (Å²) >= 11 is 0. The molecule has 0 aliphatic carbocycles. The molecule has 2 amide bonds. The van der Waals surface area contributed by atoms with Crippen molar-refractivity contribution in [2.75, 3.05) is 13.1 Å². The average molecular weight is 310 g/mol. The average Bonchev–Trinajstić information content (AvgIpc) is 2.61. The van der Waals surface area contributed by atoms with Gasteiger partial charge < -0.3 is 15.4 Å². The van der Waals surface area contributed by atoms with Crippen LogP contribution in [0.5, 0.6) is 0 Å². The van der Waals surface area contributed by atoms with E-state index in [1.165, 1.54) is 16.7 Å². The van der Waals surface area contributed by atoms with Crippen molar-refractivity contribution in [3.8, 4) is 0 Å². The first-order valence-electron chi connectivity index (χ1n) is 8.05. The van der Waals surface area contributed by atoms with Crippen LogP contribution in [0.15, 0.2) is 54.6 Å². The van der Waals surface area contributed by atoms with Gasteiger partial charge in [0.2, 0.25) is 0 Å². The number of amides is 2. The van der Waals surface area contributed by atoms with Crippen LogP contribution >= 0.6 is 0 Å². The Balaban J connectivity index is 1.37. The highest BCUT2D eigenvalue weighted by Gasteiger charge is 2.19. The van der Waals surface area contributed by atoms with Crippen LogP contribution < -0.4 is 10.6 Å². The van der Waals surface area contributed by atoms with Gasteiger partial charge in [-0.1, -0.05) is 54.6 Å². The van der Waals surface area contributed by atoms with Crippen LogP contribution in [0.1, 0.15) is 16.7 Å². The molecule has 0 radical (unpaired) electrons. The molecule has 0 aromatic heterocycles. The molecule has 2 aromatic carbocycles. The van der Waals surface area contributed by atoms with Crippen molar-refractivity contribution in [1.82, 2.24) is 10.6 Å². The van der Waals surface area contributed by atoms with Gasteiger partial charge in [0.25, 0.3) is 0 Å². The molecule has 0 saturated carbocycles. The highest BCUT2D eigenvalue weighted by Crippen LogP contribution is 2.19. The van der Waals surface area contributed by atoms with E-state index in [0.29, 0.717) is 19.7 Å². The fourth-order valence-electron chi connectivity index (χ4n) is 2.77. The van der Waals surface area contributed by atoms with Crippen molar-refractivity contribution < 1.29 is 9.53 Å². The molecule has 1 aliphatic heterocycles. The lowest BCUT2D eigenvalue weighted by Crippen LogP contribution is -2.42. The Morgan fingerprint density at radius 1 is 1.00 bits per heavy atom. The van der Waals surface area contributed by atoms with E-state index < -0.39 is 0 Å². The predicted octanol–water partition coefficient (Wildman–Crippen LogP) is 2.67. The minimum absolute atomic E-state index is 0.0461. The molecular formula is C19H22N2O2. The summed E-state index contributed by atoms with van der Waals surface area (Å²) in [6.07, 6.45) is 1.73. The summed E-state index contributed by atoms with van der Waals surface area (Å²) < 4.78 is 5.79. The maximum absolute atomic E-state index is 11.8. The molecule has 3 rings (SSSR count). The monoisotopic (exact) mass is 310 g/mol. The fourth-order valence-corrected chi connectivity index (χ4v) is 2.77. The SMILES string of the molecule is O=C(NCCc1ccccc1)NCC1Cc2ccccc2CO1. The van der Waals surface area contributed by atoms with Crippen LogP contribution in [0.4, 0.5) is 4.79 Å². The molecule has 0 spiro atoms. The Labute approximate surface area is 136 Å². The van der Waals surface area contributed by atoms with Gasteiger partial charge in [-0.05, 0) is 23.1 Å². The Kier molecular flexibility index (Phi) is 5.27. The van der Waals surface area contributed by atoms with E-state index in [9.17, 15) is 4.79 Å². The van der Waals surface area contributed by atoms with E-state index in [4.69, 9.17) is 4.74 Å². The Morgan fingerprint density at radius 3 is 2.57 bits per heavy atom. The molecule has 1 aliphatic rings. The fraction of sp³-hybridized carbons (Fsp3) is 0.316. The van der Waals surface area contributed by atoms with Crippen molar-refractivity contribution in [1.29, 1.82) is 0 Å². The second-order valence-electron chi connectivity index (χ2n) is 5.78. The molecule has 0 fully saturated rings. The summed E-state index contributed by atoms with van der Waals surface area (Å²) in [6.45, 7) is 1.79. The third-order valence-corrected chi connectivity index (χ3v) is 4.07. The van der Waals surface area contributed by atoms with Crippen LogP contribution in [-0.2, 0) is 24.2 Å². The molecule has 4 heteroatoms. The first-order valence-corrected chi connectivity index (χ1v) is 8.05. The highest BCUT2D eigenvalue weighted by molar-refractivity contribution is 5.73. The number of nitrogens with one attached hydrogen (secondary N) is 2. The molecule has 4 nitrogen and oxygen atoms in total. The Morgan fingerprint density at radius 2 is 1.74 bits per heavy atom. The number of urea groups is 1. The lowest BCUT2D eigenvalue weighted by atomic mass is 9.99. The molecule has 1 heterocycles. The molecule has 0 saturated heterocycles. The quantitative estimate of drug-likeness (QED) is 0.892. The molecule has 2 N–H and O–H groups in total. The molecule has 120 valence electrons. The van der Waals surface area contributed by atoms with Crippen LogP contribution in [0.25, 0.3) is 0 Å². The van der Waals surface area contributed by atoms with Gasteiger partial charge in [0, 0.05) is 19.5 Å². The van der Waals surface area contributed by atoms with E-state index >= 15 is 0 Å². The first-order chi connectivity index (χ1) is 11.3. The summed E-state index contributed by atoms with van der Waals surface area (Å²) in [5.41, 5.74) is 3.78. The van der Waals surface area contributed by atoms with Gasteiger partial charge in [-0.25, -0.2) is 4.79 Å². The van der Waals surface area contributed by atoms with Crippen molar-refractivity contribution in [2.24, 2.45) is 0 Å². The third-order valence-electron chi connectivity index (χ3n) is 4.07. The van der Waals surface area contributed by atoms with Crippen molar-refractivity contribution >= 4 is 6.03 Å². The molecule has 1 atom stereocenters. The first kappa shape index (κ1) is 15.6. The maximum atomic E-state index is 11.8. The topological polar surface area (TPSA) is 50.4 Å². The van der Waals surface area contributed by atoms with Gasteiger partial charge in [0.1, 0.15) is 0 Å². The minimum Gasteiger partial charge on any atom is -0.371 e. The highest BCUT2D eigenvalue weighted by atomic mass is 16.5. The summed E-state index contributed by atoms with van der Waals surface area (Å²) in [7, 11) is 0. The zero-order valence-corrected chi connectivity index (χ0v) is 13.1. The lowest BCUT2D eigenvalue weighted by molar-refractivity contribution is 0.0305. The largest absolute Gasteiger partial charge is 0.371 e. The summed E-state index contributed by atoms with van der Waals surface area (Å²) in [5.74, 6) is 0. The van der Waals surface area contributed by atoms with Crippen molar-refractivity contribution in [3.05, 3.63) is 71.3 Å². The number of benzene rings is 2.